The Balaban J connectivity index is 1.83. The number of anilines is 2. The van der Waals surface area contributed by atoms with Crippen LogP contribution in [0.2, 0.25) is 0 Å². The lowest BCUT2D eigenvalue weighted by atomic mass is 10.1. The fraction of sp³-hybridized carbons (Fsp3) is 0.350. The number of nitrogens with one attached hydrogen (secondary N) is 1. The highest BCUT2D eigenvalue weighted by molar-refractivity contribution is 5.90. The molecule has 1 amide bonds. The predicted octanol–water partition coefficient (Wildman–Crippen LogP) is 4.19. The SMILES string of the molecule is CCCCc1ccc(NC(=O)CCc2ccc(OC)c(N)c2)cc1. The minimum absolute atomic E-state index is 0.00528. The number of hydrogen-bond donors (Lipinski definition) is 2. The summed E-state index contributed by atoms with van der Waals surface area (Å²) in [6, 6.07) is 13.7. The molecule has 0 saturated heterocycles. The maximum absolute atomic E-state index is 12.1. The largest absolute Gasteiger partial charge is 0.495 e. The van der Waals surface area contributed by atoms with Crippen LogP contribution in [0.3, 0.4) is 0 Å². The van der Waals surface area contributed by atoms with Crippen molar-refractivity contribution in [3.63, 3.8) is 0 Å². The van der Waals surface area contributed by atoms with Gasteiger partial charge in [-0.1, -0.05) is 31.5 Å². The molecule has 0 aliphatic rings. The van der Waals surface area contributed by atoms with Crippen LogP contribution in [0.15, 0.2) is 42.5 Å². The maximum Gasteiger partial charge on any atom is 0.224 e. The Morgan fingerprint density at radius 1 is 1.08 bits per heavy atom. The van der Waals surface area contributed by atoms with Crippen molar-refractivity contribution in [1.82, 2.24) is 0 Å². The van der Waals surface area contributed by atoms with Crippen LogP contribution >= 0.6 is 0 Å². The molecule has 0 atom stereocenters. The number of carbonyl (C=O) groups excluding carboxylic acids is 1. The van der Waals surface area contributed by atoms with E-state index in [1.54, 1.807) is 7.11 Å². The van der Waals surface area contributed by atoms with Crippen molar-refractivity contribution in [3.05, 3.63) is 53.6 Å². The van der Waals surface area contributed by atoms with Crippen LogP contribution in [0.25, 0.3) is 0 Å². The van der Waals surface area contributed by atoms with Crippen LogP contribution in [0.5, 0.6) is 5.75 Å². The van der Waals surface area contributed by atoms with E-state index < -0.39 is 0 Å². The van der Waals surface area contributed by atoms with Crippen LogP contribution in [-0.2, 0) is 17.6 Å². The molecule has 128 valence electrons. The second kappa shape index (κ2) is 8.96. The van der Waals surface area contributed by atoms with Gasteiger partial charge in [0.1, 0.15) is 5.75 Å². The topological polar surface area (TPSA) is 64.3 Å². The second-order valence-corrected chi connectivity index (χ2v) is 5.92. The van der Waals surface area contributed by atoms with Gasteiger partial charge in [-0.05, 0) is 54.7 Å². The summed E-state index contributed by atoms with van der Waals surface area (Å²) in [6.45, 7) is 2.19. The molecule has 0 saturated carbocycles. The standard InChI is InChI=1S/C20H26N2O2/c1-3-4-5-15-6-10-17(11-7-15)22-20(23)13-9-16-8-12-19(24-2)18(21)14-16/h6-8,10-12,14H,3-5,9,13,21H2,1-2H3,(H,22,23). The van der Waals surface area contributed by atoms with Crippen LogP contribution in [0, 0.1) is 0 Å². The normalized spacial score (nSPS) is 10.4. The monoisotopic (exact) mass is 326 g/mol. The van der Waals surface area contributed by atoms with Crippen molar-refractivity contribution >= 4 is 17.3 Å². The highest BCUT2D eigenvalue weighted by Crippen LogP contribution is 2.22. The van der Waals surface area contributed by atoms with Gasteiger partial charge in [0.15, 0.2) is 0 Å². The van der Waals surface area contributed by atoms with E-state index in [0.717, 1.165) is 17.7 Å². The number of unbranched alkanes of at least 4 members (excludes halogenated alkanes) is 1. The first-order chi connectivity index (χ1) is 11.6. The summed E-state index contributed by atoms with van der Waals surface area (Å²) in [4.78, 5) is 12.1. The van der Waals surface area contributed by atoms with Gasteiger partial charge in [0, 0.05) is 12.1 Å². The van der Waals surface area contributed by atoms with E-state index in [9.17, 15) is 4.79 Å². The number of hydrogen-bond acceptors (Lipinski definition) is 3. The first-order valence-electron chi connectivity index (χ1n) is 8.43. The number of benzene rings is 2. The summed E-state index contributed by atoms with van der Waals surface area (Å²) in [7, 11) is 1.59. The van der Waals surface area contributed by atoms with E-state index >= 15 is 0 Å². The van der Waals surface area contributed by atoms with Crippen molar-refractivity contribution < 1.29 is 9.53 Å². The third kappa shape index (κ3) is 5.30. The molecular weight excluding hydrogens is 300 g/mol. The molecule has 3 N–H and O–H groups in total. The van der Waals surface area contributed by atoms with Crippen molar-refractivity contribution in [1.29, 1.82) is 0 Å². The third-order valence-electron chi connectivity index (χ3n) is 3.99. The number of rotatable bonds is 8. The Morgan fingerprint density at radius 2 is 1.79 bits per heavy atom. The smallest absolute Gasteiger partial charge is 0.224 e. The zero-order valence-corrected chi connectivity index (χ0v) is 14.5. The van der Waals surface area contributed by atoms with Crippen molar-refractivity contribution in [2.75, 3.05) is 18.2 Å². The minimum Gasteiger partial charge on any atom is -0.495 e. The first kappa shape index (κ1) is 17.9. The summed E-state index contributed by atoms with van der Waals surface area (Å²) in [5.41, 5.74) is 9.66. The van der Waals surface area contributed by atoms with Crippen LogP contribution < -0.4 is 15.8 Å². The van der Waals surface area contributed by atoms with Gasteiger partial charge in [-0.3, -0.25) is 4.79 Å². The molecule has 24 heavy (non-hydrogen) atoms. The van der Waals surface area contributed by atoms with Gasteiger partial charge in [0.2, 0.25) is 5.91 Å². The minimum atomic E-state index is 0.00528. The van der Waals surface area contributed by atoms with Crippen molar-refractivity contribution in [2.24, 2.45) is 0 Å². The number of methoxy groups -OCH3 is 1. The van der Waals surface area contributed by atoms with E-state index in [1.807, 2.05) is 30.3 Å². The predicted molar refractivity (Wildman–Crippen MR) is 99.4 cm³/mol. The molecule has 0 aliphatic carbocycles. The van der Waals surface area contributed by atoms with Crippen LogP contribution in [0.1, 0.15) is 37.3 Å². The maximum atomic E-state index is 12.1. The molecule has 0 aliphatic heterocycles. The fourth-order valence-electron chi connectivity index (χ4n) is 2.56. The molecule has 0 spiro atoms. The summed E-state index contributed by atoms with van der Waals surface area (Å²) in [6.07, 6.45) is 4.53. The molecule has 0 aromatic heterocycles. The Labute approximate surface area is 144 Å². The van der Waals surface area contributed by atoms with Gasteiger partial charge < -0.3 is 15.8 Å². The Morgan fingerprint density at radius 3 is 2.42 bits per heavy atom. The van der Waals surface area contributed by atoms with E-state index in [2.05, 4.69) is 24.4 Å². The highest BCUT2D eigenvalue weighted by Gasteiger charge is 2.06. The van der Waals surface area contributed by atoms with E-state index in [1.165, 1.54) is 18.4 Å². The lowest BCUT2D eigenvalue weighted by molar-refractivity contribution is -0.116. The Bertz CT molecular complexity index is 666. The molecule has 0 radical (unpaired) electrons. The van der Waals surface area contributed by atoms with Gasteiger partial charge in [-0.2, -0.15) is 0 Å². The molecule has 0 heterocycles. The quantitative estimate of drug-likeness (QED) is 0.715. The number of nitrogen functional groups attached to an aromatic ring is 1. The zero-order valence-electron chi connectivity index (χ0n) is 14.5. The highest BCUT2D eigenvalue weighted by atomic mass is 16.5. The van der Waals surface area contributed by atoms with Crippen molar-refractivity contribution in [3.8, 4) is 5.75 Å². The summed E-state index contributed by atoms with van der Waals surface area (Å²) >= 11 is 0. The van der Waals surface area contributed by atoms with Crippen LogP contribution in [-0.4, -0.2) is 13.0 Å². The molecule has 0 bridgehead atoms. The number of carbonyl (C=O) groups is 1. The molecule has 4 heteroatoms. The molecule has 2 aromatic carbocycles. The zero-order chi connectivity index (χ0) is 17.4. The summed E-state index contributed by atoms with van der Waals surface area (Å²) < 4.78 is 5.13. The molecule has 2 aromatic rings. The van der Waals surface area contributed by atoms with E-state index in [-0.39, 0.29) is 5.91 Å². The number of nitrogens with two attached hydrogens (primary N) is 1. The summed E-state index contributed by atoms with van der Waals surface area (Å²) in [5, 5.41) is 2.94. The van der Waals surface area contributed by atoms with Gasteiger partial charge in [0.05, 0.1) is 12.8 Å². The Hall–Kier alpha value is -2.49. The first-order valence-corrected chi connectivity index (χ1v) is 8.43. The average Bonchev–Trinajstić information content (AvgIpc) is 2.59. The molecule has 2 rings (SSSR count). The molecular formula is C20H26N2O2. The van der Waals surface area contributed by atoms with E-state index in [0.29, 0.717) is 24.3 Å². The van der Waals surface area contributed by atoms with E-state index in [4.69, 9.17) is 10.5 Å². The van der Waals surface area contributed by atoms with Gasteiger partial charge in [0.25, 0.3) is 0 Å². The van der Waals surface area contributed by atoms with Crippen LogP contribution in [0.4, 0.5) is 11.4 Å². The second-order valence-electron chi connectivity index (χ2n) is 5.92. The number of amides is 1. The average molecular weight is 326 g/mol. The van der Waals surface area contributed by atoms with Gasteiger partial charge in [-0.15, -0.1) is 0 Å². The van der Waals surface area contributed by atoms with Gasteiger partial charge >= 0.3 is 0 Å². The Kier molecular flexibility index (Phi) is 6.67. The lowest BCUT2D eigenvalue weighted by Crippen LogP contribution is -2.12. The number of aryl methyl sites for hydroxylation is 2. The number of ether oxygens (including phenoxy) is 1. The van der Waals surface area contributed by atoms with Gasteiger partial charge in [-0.25, -0.2) is 0 Å². The molecule has 0 unspecified atom stereocenters. The lowest BCUT2D eigenvalue weighted by Gasteiger charge is -2.08. The molecule has 0 fully saturated rings. The molecule has 4 nitrogen and oxygen atoms in total. The van der Waals surface area contributed by atoms with Crippen molar-refractivity contribution in [2.45, 2.75) is 39.0 Å². The summed E-state index contributed by atoms with van der Waals surface area (Å²) in [5.74, 6) is 0.664. The fourth-order valence-corrected chi connectivity index (χ4v) is 2.56. The third-order valence-corrected chi connectivity index (χ3v) is 3.99.